The molecule has 0 radical (unpaired) electrons. The van der Waals surface area contributed by atoms with Gasteiger partial charge in [0.1, 0.15) is 10.8 Å². The Bertz CT molecular complexity index is 2210. The molecule has 0 saturated carbocycles. The summed E-state index contributed by atoms with van der Waals surface area (Å²) in [4.78, 5) is 4.80. The molecule has 8 aromatic rings. The molecular weight excluding hydrogens is 558 g/mol. The maximum absolute atomic E-state index is 13.3. The second kappa shape index (κ2) is 11.0. The molecule has 3 heteroatoms. The lowest BCUT2D eigenvalue weighted by Gasteiger charge is -2.09. The average Bonchev–Trinajstić information content (AvgIpc) is 3.53. The molecular formula is C41H26FNS. The minimum atomic E-state index is -0.218. The minimum Gasteiger partial charge on any atom is -0.236 e. The van der Waals surface area contributed by atoms with E-state index in [0.29, 0.717) is 0 Å². The van der Waals surface area contributed by atoms with Crippen LogP contribution in [0.5, 0.6) is 0 Å². The van der Waals surface area contributed by atoms with Crippen LogP contribution in [-0.2, 0) is 0 Å². The van der Waals surface area contributed by atoms with Crippen LogP contribution in [0, 0.1) is 5.82 Å². The highest BCUT2D eigenvalue weighted by Gasteiger charge is 2.08. The summed E-state index contributed by atoms with van der Waals surface area (Å²) in [5, 5.41) is 3.49. The highest BCUT2D eigenvalue weighted by atomic mass is 32.1. The van der Waals surface area contributed by atoms with Gasteiger partial charge in [-0.05, 0) is 91.7 Å². The van der Waals surface area contributed by atoms with Crippen LogP contribution in [0.25, 0.3) is 76.1 Å². The fourth-order valence-corrected chi connectivity index (χ4v) is 6.73. The lowest BCUT2D eigenvalue weighted by molar-refractivity contribution is 0.628. The van der Waals surface area contributed by atoms with Crippen LogP contribution in [-0.4, -0.2) is 4.98 Å². The molecule has 1 heterocycles. The summed E-state index contributed by atoms with van der Waals surface area (Å²) < 4.78 is 14.5. The molecule has 1 nitrogen and oxygen atoms in total. The van der Waals surface area contributed by atoms with Crippen molar-refractivity contribution < 1.29 is 4.39 Å². The van der Waals surface area contributed by atoms with Gasteiger partial charge in [0, 0.05) is 5.56 Å². The number of nitrogens with zero attached hydrogens (tertiary/aromatic N) is 1. The van der Waals surface area contributed by atoms with Crippen molar-refractivity contribution in [2.75, 3.05) is 0 Å². The summed E-state index contributed by atoms with van der Waals surface area (Å²) in [5.74, 6) is -0.218. The van der Waals surface area contributed by atoms with Crippen molar-refractivity contribution in [2.24, 2.45) is 0 Å². The summed E-state index contributed by atoms with van der Waals surface area (Å²) in [5.41, 5.74) is 11.4. The van der Waals surface area contributed by atoms with Crippen LogP contribution in [0.4, 0.5) is 4.39 Å². The topological polar surface area (TPSA) is 12.9 Å². The summed E-state index contributed by atoms with van der Waals surface area (Å²) in [7, 11) is 0. The van der Waals surface area contributed by atoms with Gasteiger partial charge in [-0.3, -0.25) is 0 Å². The van der Waals surface area contributed by atoms with Crippen molar-refractivity contribution in [3.8, 4) is 55.1 Å². The molecule has 0 fully saturated rings. The summed E-state index contributed by atoms with van der Waals surface area (Å²) in [6.07, 6.45) is 0. The SMILES string of the molecule is Fc1ccc(-c2ccc(-c3ccc(-c4ccc5cc(-c6ccc(-c7nc8ccccc8s7)cc6)ccc5c4)cc3)cc2)cc1. The first-order valence-electron chi connectivity index (χ1n) is 14.6. The molecule has 0 aliphatic rings. The highest BCUT2D eigenvalue weighted by Crippen LogP contribution is 2.34. The van der Waals surface area contributed by atoms with Gasteiger partial charge >= 0.3 is 0 Å². The normalized spacial score (nSPS) is 11.3. The molecule has 7 aromatic carbocycles. The Morgan fingerprint density at radius 2 is 0.773 bits per heavy atom. The van der Waals surface area contributed by atoms with Crippen molar-refractivity contribution in [2.45, 2.75) is 0 Å². The van der Waals surface area contributed by atoms with Gasteiger partial charge in [-0.1, -0.05) is 121 Å². The molecule has 44 heavy (non-hydrogen) atoms. The highest BCUT2D eigenvalue weighted by molar-refractivity contribution is 7.21. The van der Waals surface area contributed by atoms with Gasteiger partial charge in [0.05, 0.1) is 10.2 Å². The zero-order valence-electron chi connectivity index (χ0n) is 23.7. The predicted molar refractivity (Wildman–Crippen MR) is 184 cm³/mol. The zero-order valence-corrected chi connectivity index (χ0v) is 24.6. The van der Waals surface area contributed by atoms with E-state index in [1.807, 2.05) is 18.2 Å². The van der Waals surface area contributed by atoms with Crippen LogP contribution in [0.3, 0.4) is 0 Å². The van der Waals surface area contributed by atoms with Gasteiger partial charge in [-0.25, -0.2) is 9.37 Å². The van der Waals surface area contributed by atoms with Crippen molar-refractivity contribution in [1.82, 2.24) is 4.98 Å². The number of rotatable bonds is 5. The molecule has 0 aliphatic carbocycles. The Morgan fingerprint density at radius 3 is 1.25 bits per heavy atom. The van der Waals surface area contributed by atoms with E-state index in [-0.39, 0.29) is 5.82 Å². The van der Waals surface area contributed by atoms with Crippen LogP contribution >= 0.6 is 11.3 Å². The Morgan fingerprint density at radius 1 is 0.386 bits per heavy atom. The number of para-hydroxylation sites is 1. The maximum Gasteiger partial charge on any atom is 0.124 e. The fraction of sp³-hybridized carbons (Fsp3) is 0. The standard InChI is InChI=1S/C41H26FNS/c42-38-23-21-30(22-24-38)29-7-5-27(6-8-29)28-9-11-31(12-10-28)34-17-19-37-26-35(18-20-36(37)25-34)32-13-15-33(16-14-32)41-43-39-3-1-2-4-40(39)44-41/h1-26H. The molecule has 0 aliphatic heterocycles. The van der Waals surface area contributed by atoms with E-state index in [1.165, 1.54) is 55.4 Å². The predicted octanol–water partition coefficient (Wildman–Crippen LogP) is 11.9. The van der Waals surface area contributed by atoms with Gasteiger partial charge in [-0.15, -0.1) is 11.3 Å². The maximum atomic E-state index is 13.3. The first-order chi connectivity index (χ1) is 21.7. The van der Waals surface area contributed by atoms with Crippen LogP contribution < -0.4 is 0 Å². The van der Waals surface area contributed by atoms with E-state index in [4.69, 9.17) is 4.98 Å². The molecule has 0 saturated heterocycles. The van der Waals surface area contributed by atoms with Crippen molar-refractivity contribution in [3.05, 3.63) is 164 Å². The Kier molecular flexibility index (Phi) is 6.59. The third-order valence-corrected chi connectivity index (χ3v) is 9.30. The van der Waals surface area contributed by atoms with Gasteiger partial charge in [0.25, 0.3) is 0 Å². The molecule has 8 rings (SSSR count). The number of halogens is 1. The largest absolute Gasteiger partial charge is 0.236 e. The third-order valence-electron chi connectivity index (χ3n) is 8.21. The summed E-state index contributed by atoms with van der Waals surface area (Å²) in [6.45, 7) is 0. The van der Waals surface area contributed by atoms with Crippen molar-refractivity contribution in [3.63, 3.8) is 0 Å². The van der Waals surface area contributed by atoms with Gasteiger partial charge in [-0.2, -0.15) is 0 Å². The van der Waals surface area contributed by atoms with E-state index >= 15 is 0 Å². The first kappa shape index (κ1) is 26.3. The van der Waals surface area contributed by atoms with E-state index in [9.17, 15) is 4.39 Å². The van der Waals surface area contributed by atoms with Crippen LogP contribution in [0.15, 0.2) is 158 Å². The minimum absolute atomic E-state index is 0.218. The molecule has 0 atom stereocenters. The van der Waals surface area contributed by atoms with E-state index < -0.39 is 0 Å². The third kappa shape index (κ3) is 5.08. The van der Waals surface area contributed by atoms with Crippen LogP contribution in [0.1, 0.15) is 0 Å². The van der Waals surface area contributed by atoms with Gasteiger partial charge < -0.3 is 0 Å². The van der Waals surface area contributed by atoms with E-state index in [0.717, 1.165) is 32.8 Å². The number of hydrogen-bond donors (Lipinski definition) is 0. The van der Waals surface area contributed by atoms with Crippen LogP contribution in [0.2, 0.25) is 0 Å². The number of thiazole rings is 1. The lowest BCUT2D eigenvalue weighted by atomic mass is 9.96. The Balaban J connectivity index is 1.00. The average molecular weight is 584 g/mol. The Labute approximate surface area is 259 Å². The first-order valence-corrected chi connectivity index (χ1v) is 15.4. The summed E-state index contributed by atoms with van der Waals surface area (Å²) >= 11 is 1.73. The monoisotopic (exact) mass is 583 g/mol. The molecule has 0 spiro atoms. The number of benzene rings is 7. The second-order valence-corrected chi connectivity index (χ2v) is 12.0. The number of fused-ring (bicyclic) bond motifs is 2. The van der Waals surface area contributed by atoms with E-state index in [1.54, 1.807) is 11.3 Å². The zero-order chi connectivity index (χ0) is 29.5. The summed E-state index contributed by atoms with van der Waals surface area (Å²) in [6, 6.07) is 54.1. The molecule has 0 N–H and O–H groups in total. The van der Waals surface area contributed by atoms with E-state index in [2.05, 4.69) is 127 Å². The van der Waals surface area contributed by atoms with Gasteiger partial charge in [0.2, 0.25) is 0 Å². The molecule has 0 bridgehead atoms. The second-order valence-electron chi connectivity index (χ2n) is 11.0. The lowest BCUT2D eigenvalue weighted by Crippen LogP contribution is -1.84. The smallest absolute Gasteiger partial charge is 0.124 e. The van der Waals surface area contributed by atoms with Crippen molar-refractivity contribution in [1.29, 1.82) is 0 Å². The molecule has 0 unspecified atom stereocenters. The molecule has 0 amide bonds. The number of hydrogen-bond acceptors (Lipinski definition) is 2. The fourth-order valence-electron chi connectivity index (χ4n) is 5.76. The molecule has 208 valence electrons. The van der Waals surface area contributed by atoms with Crippen molar-refractivity contribution >= 4 is 32.3 Å². The molecule has 1 aromatic heterocycles. The quantitative estimate of drug-likeness (QED) is 0.196. The number of aromatic nitrogens is 1. The Hall–Kier alpha value is -5.38. The van der Waals surface area contributed by atoms with Gasteiger partial charge in [0.15, 0.2) is 0 Å².